The molecular weight excluding hydrogens is 404 g/mol. The Morgan fingerprint density at radius 3 is 2.37 bits per heavy atom. The fourth-order valence-electron chi connectivity index (χ4n) is 2.87. The highest BCUT2D eigenvalue weighted by molar-refractivity contribution is 7.92. The second-order valence-electron chi connectivity index (χ2n) is 6.63. The molecule has 9 nitrogen and oxygen atoms in total. The number of sulfonamides is 1. The van der Waals surface area contributed by atoms with Crippen LogP contribution in [0.4, 0.5) is 17.3 Å². The lowest BCUT2D eigenvalue weighted by Gasteiger charge is -2.16. The molecule has 4 aromatic rings. The first-order chi connectivity index (χ1) is 14.3. The van der Waals surface area contributed by atoms with Crippen molar-refractivity contribution < 1.29 is 13.2 Å². The van der Waals surface area contributed by atoms with Gasteiger partial charge in [-0.3, -0.25) is 4.31 Å². The van der Waals surface area contributed by atoms with Gasteiger partial charge in [0, 0.05) is 18.9 Å². The maximum absolute atomic E-state index is 11.7. The minimum absolute atomic E-state index is 0.405. The monoisotopic (exact) mass is 424 g/mol. The van der Waals surface area contributed by atoms with Gasteiger partial charge in [0.25, 0.3) is 0 Å². The summed E-state index contributed by atoms with van der Waals surface area (Å²) in [5.41, 5.74) is 2.81. The van der Waals surface area contributed by atoms with E-state index in [0.717, 1.165) is 28.8 Å². The number of benzene rings is 2. The lowest BCUT2D eigenvalue weighted by molar-refractivity contribution is 0.414. The summed E-state index contributed by atoms with van der Waals surface area (Å²) in [5.74, 6) is 1.17. The van der Waals surface area contributed by atoms with Gasteiger partial charge in [-0.05, 0) is 48.5 Å². The Labute approximate surface area is 174 Å². The van der Waals surface area contributed by atoms with Gasteiger partial charge in [0.1, 0.15) is 5.75 Å². The summed E-state index contributed by atoms with van der Waals surface area (Å²) in [6, 6.07) is 14.5. The van der Waals surface area contributed by atoms with Crippen molar-refractivity contribution in [3.8, 4) is 11.4 Å². The van der Waals surface area contributed by atoms with Crippen molar-refractivity contribution in [1.82, 2.24) is 19.7 Å². The molecule has 0 bridgehead atoms. The van der Waals surface area contributed by atoms with E-state index >= 15 is 0 Å². The van der Waals surface area contributed by atoms with Gasteiger partial charge in [-0.1, -0.05) is 0 Å². The summed E-state index contributed by atoms with van der Waals surface area (Å²) in [5, 5.41) is 8.35. The van der Waals surface area contributed by atoms with Crippen molar-refractivity contribution in [1.29, 1.82) is 0 Å². The Morgan fingerprint density at radius 2 is 1.73 bits per heavy atom. The molecule has 10 heteroatoms. The van der Waals surface area contributed by atoms with E-state index in [1.807, 2.05) is 24.3 Å². The topological polar surface area (TPSA) is 102 Å². The minimum Gasteiger partial charge on any atom is -0.497 e. The average Bonchev–Trinajstić information content (AvgIpc) is 3.16. The largest absolute Gasteiger partial charge is 0.497 e. The first-order valence-electron chi connectivity index (χ1n) is 9.01. The predicted molar refractivity (Wildman–Crippen MR) is 116 cm³/mol. The van der Waals surface area contributed by atoms with Gasteiger partial charge in [-0.2, -0.15) is 10.1 Å². The fourth-order valence-corrected chi connectivity index (χ4v) is 3.37. The summed E-state index contributed by atoms with van der Waals surface area (Å²) in [7, 11) is -0.181. The average molecular weight is 424 g/mol. The molecule has 0 atom stereocenters. The highest BCUT2D eigenvalue weighted by Gasteiger charge is 2.12. The first kappa shape index (κ1) is 19.6. The number of fused-ring (bicyclic) bond motifs is 1. The van der Waals surface area contributed by atoms with Crippen molar-refractivity contribution in [2.45, 2.75) is 0 Å². The predicted octanol–water partition coefficient (Wildman–Crippen LogP) is 2.96. The molecule has 0 amide bonds. The molecule has 2 aromatic heterocycles. The Balaban J connectivity index is 1.61. The third-order valence-electron chi connectivity index (χ3n) is 4.61. The number of hydrogen-bond acceptors (Lipinski definition) is 7. The molecule has 1 N–H and O–H groups in total. The van der Waals surface area contributed by atoms with Gasteiger partial charge in [0.15, 0.2) is 5.65 Å². The lowest BCUT2D eigenvalue weighted by Crippen LogP contribution is -2.24. The quantitative estimate of drug-likeness (QED) is 0.508. The number of nitrogens with zero attached hydrogens (tertiary/aromatic N) is 5. The number of aromatic nitrogens is 4. The van der Waals surface area contributed by atoms with E-state index in [-0.39, 0.29) is 0 Å². The van der Waals surface area contributed by atoms with Gasteiger partial charge >= 0.3 is 0 Å². The van der Waals surface area contributed by atoms with E-state index in [2.05, 4.69) is 20.4 Å². The van der Waals surface area contributed by atoms with E-state index in [4.69, 9.17) is 4.74 Å². The van der Waals surface area contributed by atoms with E-state index < -0.39 is 10.0 Å². The number of hydrogen-bond donors (Lipinski definition) is 1. The lowest BCUT2D eigenvalue weighted by atomic mass is 10.3. The molecule has 2 aromatic carbocycles. The van der Waals surface area contributed by atoms with Gasteiger partial charge in [0.2, 0.25) is 16.0 Å². The molecule has 0 saturated heterocycles. The molecule has 0 fully saturated rings. The summed E-state index contributed by atoms with van der Waals surface area (Å²) >= 11 is 0. The number of ether oxygens (including phenoxy) is 1. The smallest absolute Gasteiger partial charge is 0.231 e. The SMILES string of the molecule is COc1ccc(-n2ncc3cnc(Nc4ccc(N(C)S(C)(=O)=O)cc4)nc32)cc1. The zero-order valence-corrected chi connectivity index (χ0v) is 17.5. The molecular formula is C20H20N6O3S. The molecule has 0 spiro atoms. The van der Waals surface area contributed by atoms with Crippen LogP contribution in [0.15, 0.2) is 60.9 Å². The molecule has 0 radical (unpaired) electrons. The van der Waals surface area contributed by atoms with Crippen LogP contribution in [0.5, 0.6) is 5.75 Å². The van der Waals surface area contributed by atoms with Crippen molar-refractivity contribution in [3.05, 3.63) is 60.9 Å². The molecule has 0 unspecified atom stereocenters. The summed E-state index contributed by atoms with van der Waals surface area (Å²) in [6.45, 7) is 0. The molecule has 0 aliphatic carbocycles. The second kappa shape index (κ2) is 7.64. The number of nitrogens with one attached hydrogen (secondary N) is 1. The molecule has 0 aliphatic heterocycles. The Kier molecular flexibility index (Phi) is 5.00. The van der Waals surface area contributed by atoms with Crippen LogP contribution in [0.1, 0.15) is 0 Å². The molecule has 0 aliphatic rings. The van der Waals surface area contributed by atoms with Crippen LogP contribution < -0.4 is 14.4 Å². The molecule has 30 heavy (non-hydrogen) atoms. The number of methoxy groups -OCH3 is 1. The molecule has 0 saturated carbocycles. The first-order valence-corrected chi connectivity index (χ1v) is 10.9. The van der Waals surface area contributed by atoms with Crippen molar-refractivity contribution in [3.63, 3.8) is 0 Å². The summed E-state index contributed by atoms with van der Waals surface area (Å²) < 4.78 is 31.5. The van der Waals surface area contributed by atoms with Gasteiger partial charge in [-0.25, -0.2) is 18.1 Å². The van der Waals surface area contributed by atoms with Gasteiger partial charge in [0.05, 0.1) is 36.3 Å². The maximum atomic E-state index is 11.7. The van der Waals surface area contributed by atoms with E-state index in [9.17, 15) is 8.42 Å². The molecule has 154 valence electrons. The zero-order valence-electron chi connectivity index (χ0n) is 16.6. The summed E-state index contributed by atoms with van der Waals surface area (Å²) in [6.07, 6.45) is 4.57. The van der Waals surface area contributed by atoms with Crippen LogP contribution in [-0.2, 0) is 10.0 Å². The van der Waals surface area contributed by atoms with Crippen molar-refractivity contribution >= 4 is 38.4 Å². The third kappa shape index (κ3) is 3.90. The van der Waals surface area contributed by atoms with Gasteiger partial charge in [-0.15, -0.1) is 0 Å². The number of anilines is 3. The van der Waals surface area contributed by atoms with Crippen LogP contribution in [0.25, 0.3) is 16.7 Å². The standard InChI is InChI=1S/C20H20N6O3S/c1-25(30(3,27)28)16-6-4-15(5-7-16)23-20-21-12-14-13-22-26(19(14)24-20)17-8-10-18(29-2)11-9-17/h4-13H,1-3H3,(H,21,23,24). The van der Waals surface area contributed by atoms with E-state index in [0.29, 0.717) is 17.3 Å². The number of rotatable bonds is 6. The van der Waals surface area contributed by atoms with E-state index in [1.54, 1.807) is 48.5 Å². The highest BCUT2D eigenvalue weighted by atomic mass is 32.2. The minimum atomic E-state index is -3.31. The van der Waals surface area contributed by atoms with Crippen molar-refractivity contribution in [2.75, 3.05) is 30.0 Å². The fraction of sp³-hybridized carbons (Fsp3) is 0.150. The van der Waals surface area contributed by atoms with Crippen LogP contribution in [0.3, 0.4) is 0 Å². The van der Waals surface area contributed by atoms with Crippen LogP contribution in [-0.4, -0.2) is 48.6 Å². The zero-order chi connectivity index (χ0) is 21.3. The normalized spacial score (nSPS) is 11.4. The molecule has 4 rings (SSSR count). The molecule has 2 heterocycles. The Bertz CT molecular complexity index is 1280. The Morgan fingerprint density at radius 1 is 1.03 bits per heavy atom. The third-order valence-corrected chi connectivity index (χ3v) is 5.82. The Hall–Kier alpha value is -3.66. The van der Waals surface area contributed by atoms with E-state index in [1.165, 1.54) is 11.4 Å². The summed E-state index contributed by atoms with van der Waals surface area (Å²) in [4.78, 5) is 8.92. The van der Waals surface area contributed by atoms with Gasteiger partial charge < -0.3 is 10.1 Å². The van der Waals surface area contributed by atoms with Crippen LogP contribution in [0.2, 0.25) is 0 Å². The second-order valence-corrected chi connectivity index (χ2v) is 8.64. The van der Waals surface area contributed by atoms with Crippen molar-refractivity contribution in [2.24, 2.45) is 0 Å². The van der Waals surface area contributed by atoms with Crippen LogP contribution in [0, 0.1) is 0 Å². The van der Waals surface area contributed by atoms with Crippen LogP contribution >= 0.6 is 0 Å². The highest BCUT2D eigenvalue weighted by Crippen LogP contribution is 2.23. The maximum Gasteiger partial charge on any atom is 0.231 e.